The summed E-state index contributed by atoms with van der Waals surface area (Å²) in [6, 6.07) is -0.0913. The van der Waals surface area contributed by atoms with E-state index in [9.17, 15) is 13.2 Å². The molecule has 0 radical (unpaired) electrons. The molecule has 0 aromatic heterocycles. The zero-order chi connectivity index (χ0) is 12.4. The maximum absolute atomic E-state index is 11.8. The largest absolute Gasteiger partial charge is 0.413 e. The van der Waals surface area contributed by atoms with Gasteiger partial charge in [0.1, 0.15) is 0 Å². The van der Waals surface area contributed by atoms with Crippen molar-refractivity contribution in [2.24, 2.45) is 5.41 Å². The van der Waals surface area contributed by atoms with Crippen molar-refractivity contribution in [3.05, 3.63) is 0 Å². The van der Waals surface area contributed by atoms with Gasteiger partial charge in [0.15, 0.2) is 6.61 Å². The highest BCUT2D eigenvalue weighted by molar-refractivity contribution is 5.01. The van der Waals surface area contributed by atoms with Gasteiger partial charge in [-0.3, -0.25) is 4.84 Å². The molecule has 1 N–H and O–H groups in total. The highest BCUT2D eigenvalue weighted by atomic mass is 19.4. The monoisotopic (exact) mass is 241 g/mol. The fraction of sp³-hybridized carbons (Fsp3) is 1.00. The average Bonchev–Trinajstić information content (AvgIpc) is 2.13. The van der Waals surface area contributed by atoms with E-state index in [1.165, 1.54) is 0 Å². The first kappa shape index (κ1) is 13.7. The first-order valence-corrected chi connectivity index (χ1v) is 5.33. The zero-order valence-corrected chi connectivity index (χ0v) is 9.73. The summed E-state index contributed by atoms with van der Waals surface area (Å²) in [6.45, 7) is 5.15. The Kier molecular flexibility index (Phi) is 4.20. The van der Waals surface area contributed by atoms with Crippen molar-refractivity contribution in [2.45, 2.75) is 45.5 Å². The van der Waals surface area contributed by atoms with Crippen molar-refractivity contribution in [1.29, 1.82) is 0 Å². The smallest absolute Gasteiger partial charge is 0.378 e. The molecule has 2 atom stereocenters. The lowest BCUT2D eigenvalue weighted by Crippen LogP contribution is -2.61. The number of halogens is 3. The van der Waals surface area contributed by atoms with Crippen molar-refractivity contribution in [3.63, 3.8) is 0 Å². The van der Waals surface area contributed by atoms with Gasteiger partial charge in [0.25, 0.3) is 0 Å². The van der Waals surface area contributed by atoms with Crippen LogP contribution < -0.4 is 5.48 Å². The third-order valence-corrected chi connectivity index (χ3v) is 3.01. The molecule has 16 heavy (non-hydrogen) atoms. The average molecular weight is 241 g/mol. The number of nitrogens with one attached hydrogen (secondary N) is 1. The summed E-state index contributed by atoms with van der Waals surface area (Å²) in [5.41, 5.74) is 2.26. The highest BCUT2D eigenvalue weighted by Gasteiger charge is 2.49. The summed E-state index contributed by atoms with van der Waals surface area (Å²) in [7, 11) is 0. The van der Waals surface area contributed by atoms with Gasteiger partial charge in [0, 0.05) is 18.1 Å². The van der Waals surface area contributed by atoms with Crippen molar-refractivity contribution in [3.8, 4) is 0 Å². The molecule has 1 fully saturated rings. The molecule has 1 saturated carbocycles. The predicted molar refractivity (Wildman–Crippen MR) is 52.7 cm³/mol. The van der Waals surface area contributed by atoms with Crippen LogP contribution >= 0.6 is 0 Å². The lowest BCUT2D eigenvalue weighted by atomic mass is 9.65. The Morgan fingerprint density at radius 3 is 2.44 bits per heavy atom. The van der Waals surface area contributed by atoms with Gasteiger partial charge in [0.05, 0.1) is 6.10 Å². The van der Waals surface area contributed by atoms with Gasteiger partial charge in [-0.1, -0.05) is 13.8 Å². The van der Waals surface area contributed by atoms with Crippen LogP contribution in [0.25, 0.3) is 0 Å². The maximum Gasteiger partial charge on any atom is 0.413 e. The molecule has 96 valence electrons. The quantitative estimate of drug-likeness (QED) is 0.749. The molecule has 0 aromatic carbocycles. The Morgan fingerprint density at radius 2 is 2.00 bits per heavy atom. The van der Waals surface area contributed by atoms with Gasteiger partial charge in [-0.25, -0.2) is 0 Å². The van der Waals surface area contributed by atoms with Crippen LogP contribution in [-0.4, -0.2) is 31.5 Å². The van der Waals surface area contributed by atoms with Crippen LogP contribution in [0.1, 0.15) is 27.2 Å². The number of rotatable bonds is 5. The second-order valence-electron chi connectivity index (χ2n) is 4.58. The van der Waals surface area contributed by atoms with E-state index in [0.29, 0.717) is 13.0 Å². The molecule has 0 spiro atoms. The number of hydrogen-bond donors (Lipinski definition) is 1. The molecule has 1 aliphatic rings. The normalized spacial score (nSPS) is 28.9. The van der Waals surface area contributed by atoms with Crippen molar-refractivity contribution < 1.29 is 22.7 Å². The molecule has 2 unspecified atom stereocenters. The third-order valence-electron chi connectivity index (χ3n) is 3.01. The fourth-order valence-electron chi connectivity index (χ4n) is 1.79. The minimum absolute atomic E-state index is 0.0875. The van der Waals surface area contributed by atoms with Gasteiger partial charge in [-0.15, -0.1) is 0 Å². The van der Waals surface area contributed by atoms with Crippen LogP contribution in [-0.2, 0) is 9.57 Å². The zero-order valence-electron chi connectivity index (χ0n) is 9.73. The molecule has 0 aromatic rings. The van der Waals surface area contributed by atoms with E-state index in [2.05, 4.69) is 10.3 Å². The third kappa shape index (κ3) is 3.33. The summed E-state index contributed by atoms with van der Waals surface area (Å²) < 4.78 is 40.9. The standard InChI is InChI=1S/C10H18F3NO2/c1-4-15-8-5-7(9(8,2)3)14-16-6-10(11,12)13/h7-8,14H,4-6H2,1-3H3. The molecule has 0 bridgehead atoms. The molecule has 1 rings (SSSR count). The Bertz CT molecular complexity index is 231. The van der Waals surface area contributed by atoms with Crippen LogP contribution in [0.4, 0.5) is 13.2 Å². The molecular formula is C10H18F3NO2. The Hall–Kier alpha value is -0.330. The van der Waals surface area contributed by atoms with Crippen molar-refractivity contribution >= 4 is 0 Å². The number of hydroxylamine groups is 1. The van der Waals surface area contributed by atoms with Crippen LogP contribution in [0.15, 0.2) is 0 Å². The number of hydrogen-bond acceptors (Lipinski definition) is 3. The van der Waals surface area contributed by atoms with E-state index < -0.39 is 12.8 Å². The van der Waals surface area contributed by atoms with Gasteiger partial charge in [0.2, 0.25) is 0 Å². The highest BCUT2D eigenvalue weighted by Crippen LogP contribution is 2.42. The molecule has 1 aliphatic carbocycles. The van der Waals surface area contributed by atoms with Gasteiger partial charge in [-0.05, 0) is 13.3 Å². The molecule has 3 nitrogen and oxygen atoms in total. The van der Waals surface area contributed by atoms with Gasteiger partial charge in [-0.2, -0.15) is 18.7 Å². The second-order valence-corrected chi connectivity index (χ2v) is 4.58. The molecule has 6 heteroatoms. The van der Waals surface area contributed by atoms with E-state index in [4.69, 9.17) is 4.74 Å². The predicted octanol–water partition coefficient (Wildman–Crippen LogP) is 2.27. The molecule has 0 amide bonds. The molecular weight excluding hydrogens is 223 g/mol. The SMILES string of the molecule is CCOC1CC(NOCC(F)(F)F)C1(C)C. The van der Waals surface area contributed by atoms with Crippen LogP contribution in [0.3, 0.4) is 0 Å². The Morgan fingerprint density at radius 1 is 1.38 bits per heavy atom. The number of alkyl halides is 3. The topological polar surface area (TPSA) is 30.5 Å². The summed E-state index contributed by atoms with van der Waals surface area (Å²) in [5.74, 6) is 0. The van der Waals surface area contributed by atoms with Crippen molar-refractivity contribution in [2.75, 3.05) is 13.2 Å². The maximum atomic E-state index is 11.8. The first-order chi connectivity index (χ1) is 7.27. The van der Waals surface area contributed by atoms with E-state index in [-0.39, 0.29) is 17.6 Å². The fourth-order valence-corrected chi connectivity index (χ4v) is 1.79. The van der Waals surface area contributed by atoms with Crippen molar-refractivity contribution in [1.82, 2.24) is 5.48 Å². The van der Waals surface area contributed by atoms with E-state index in [1.807, 2.05) is 20.8 Å². The molecule has 0 aliphatic heterocycles. The summed E-state index contributed by atoms with van der Waals surface area (Å²) >= 11 is 0. The summed E-state index contributed by atoms with van der Waals surface area (Å²) in [5, 5.41) is 0. The first-order valence-electron chi connectivity index (χ1n) is 5.33. The second kappa shape index (κ2) is 4.89. The van der Waals surface area contributed by atoms with E-state index >= 15 is 0 Å². The lowest BCUT2D eigenvalue weighted by molar-refractivity contribution is -0.214. The van der Waals surface area contributed by atoms with Gasteiger partial charge < -0.3 is 4.74 Å². The van der Waals surface area contributed by atoms with Crippen LogP contribution in [0, 0.1) is 5.41 Å². The molecule has 0 saturated heterocycles. The summed E-state index contributed by atoms with van der Waals surface area (Å²) in [4.78, 5) is 4.43. The Labute approximate surface area is 93.2 Å². The lowest BCUT2D eigenvalue weighted by Gasteiger charge is -2.51. The van der Waals surface area contributed by atoms with Crippen LogP contribution in [0.2, 0.25) is 0 Å². The van der Waals surface area contributed by atoms with E-state index in [1.54, 1.807) is 0 Å². The number of ether oxygens (including phenoxy) is 1. The van der Waals surface area contributed by atoms with E-state index in [0.717, 1.165) is 0 Å². The van der Waals surface area contributed by atoms with Crippen LogP contribution in [0.5, 0.6) is 0 Å². The minimum Gasteiger partial charge on any atom is -0.378 e. The Balaban J connectivity index is 2.26. The van der Waals surface area contributed by atoms with Gasteiger partial charge >= 0.3 is 6.18 Å². The summed E-state index contributed by atoms with van der Waals surface area (Å²) in [6.07, 6.45) is -3.52. The molecule has 0 heterocycles. The minimum atomic E-state index is -4.29.